The average molecular weight is 331 g/mol. The van der Waals surface area contributed by atoms with Crippen LogP contribution in [0.4, 0.5) is 0 Å². The van der Waals surface area contributed by atoms with E-state index in [2.05, 4.69) is 20.2 Å². The second-order valence-corrected chi connectivity index (χ2v) is 6.61. The topological polar surface area (TPSA) is 97.1 Å². The molecule has 8 heteroatoms. The number of nitrogens with zero attached hydrogens (tertiary/aromatic N) is 4. The van der Waals surface area contributed by atoms with Crippen molar-refractivity contribution < 1.29 is 13.9 Å². The Morgan fingerprint density at radius 1 is 1.42 bits per heavy atom. The summed E-state index contributed by atoms with van der Waals surface area (Å²) in [6, 6.07) is 0. The number of hydrogen-bond acceptors (Lipinski definition) is 6. The van der Waals surface area contributed by atoms with Crippen LogP contribution in [-0.4, -0.2) is 57.3 Å². The van der Waals surface area contributed by atoms with Gasteiger partial charge in [0, 0.05) is 26.1 Å². The van der Waals surface area contributed by atoms with Crippen molar-refractivity contribution >= 4 is 5.91 Å². The monoisotopic (exact) mass is 331 g/mol. The number of aromatic nitrogens is 4. The number of H-pyrrole nitrogens is 1. The molecule has 1 amide bonds. The number of carbonyl (C=O) groups is 1. The summed E-state index contributed by atoms with van der Waals surface area (Å²) in [6.45, 7) is 3.01. The van der Waals surface area contributed by atoms with E-state index in [4.69, 9.17) is 9.15 Å². The Hall–Kier alpha value is -2.22. The highest BCUT2D eigenvalue weighted by Gasteiger charge is 2.37. The maximum absolute atomic E-state index is 12.7. The number of hydrogen-bond donors (Lipinski definition) is 1. The number of amides is 1. The highest BCUT2D eigenvalue weighted by Crippen LogP contribution is 2.41. The number of rotatable bonds is 5. The van der Waals surface area contributed by atoms with E-state index in [1.54, 1.807) is 11.9 Å². The summed E-state index contributed by atoms with van der Waals surface area (Å²) in [5.41, 5.74) is 0.434. The molecule has 0 radical (unpaired) electrons. The van der Waals surface area contributed by atoms with Gasteiger partial charge in [0.1, 0.15) is 11.6 Å². The number of oxazole rings is 1. The van der Waals surface area contributed by atoms with Gasteiger partial charge in [0.15, 0.2) is 17.9 Å². The molecular formula is C16H21N5O3. The Kier molecular flexibility index (Phi) is 3.84. The highest BCUT2D eigenvalue weighted by atomic mass is 16.5. The van der Waals surface area contributed by atoms with Gasteiger partial charge in [0.25, 0.3) is 5.91 Å². The number of aromatic amines is 1. The van der Waals surface area contributed by atoms with Gasteiger partial charge >= 0.3 is 0 Å². The number of nitrogens with one attached hydrogen (secondary N) is 1. The van der Waals surface area contributed by atoms with Crippen LogP contribution in [0.2, 0.25) is 0 Å². The standard InChI is InChI=1S/C16H21N5O3/c1-9-18-15(20-19-9)11-5-6-23-12(11)7-21(2)16(22)13-14(10-3-4-10)24-8-17-13/h8,10-12H,3-7H2,1-2H3,(H,18,19,20)/t11-,12-/m1/s1. The molecule has 2 aliphatic rings. The minimum atomic E-state index is -0.119. The van der Waals surface area contributed by atoms with Gasteiger partial charge in [0.05, 0.1) is 12.0 Å². The molecule has 128 valence electrons. The molecular weight excluding hydrogens is 310 g/mol. The van der Waals surface area contributed by atoms with E-state index >= 15 is 0 Å². The Bertz CT molecular complexity index is 736. The van der Waals surface area contributed by atoms with Crippen LogP contribution in [0.5, 0.6) is 0 Å². The largest absolute Gasteiger partial charge is 0.447 e. The molecule has 2 atom stereocenters. The van der Waals surface area contributed by atoms with E-state index in [1.807, 2.05) is 6.92 Å². The first-order valence-corrected chi connectivity index (χ1v) is 8.33. The van der Waals surface area contributed by atoms with E-state index in [1.165, 1.54) is 6.39 Å². The summed E-state index contributed by atoms with van der Waals surface area (Å²) in [5.74, 6) is 2.61. The van der Waals surface area contributed by atoms with E-state index in [0.29, 0.717) is 24.8 Å². The summed E-state index contributed by atoms with van der Waals surface area (Å²) in [5, 5.41) is 7.12. The van der Waals surface area contributed by atoms with Crippen molar-refractivity contribution in [2.24, 2.45) is 0 Å². The van der Waals surface area contributed by atoms with Gasteiger partial charge < -0.3 is 14.1 Å². The molecule has 24 heavy (non-hydrogen) atoms. The van der Waals surface area contributed by atoms with Crippen molar-refractivity contribution in [2.75, 3.05) is 20.2 Å². The van der Waals surface area contributed by atoms with Crippen molar-refractivity contribution in [3.05, 3.63) is 29.5 Å². The number of ether oxygens (including phenoxy) is 1. The van der Waals surface area contributed by atoms with Crippen LogP contribution in [0.1, 0.15) is 59.0 Å². The highest BCUT2D eigenvalue weighted by molar-refractivity contribution is 5.93. The van der Waals surface area contributed by atoms with Gasteiger partial charge in [-0.25, -0.2) is 9.97 Å². The summed E-state index contributed by atoms with van der Waals surface area (Å²) in [4.78, 5) is 22.9. The fourth-order valence-corrected chi connectivity index (χ4v) is 3.23. The fraction of sp³-hybridized carbons (Fsp3) is 0.625. The molecule has 1 N–H and O–H groups in total. The van der Waals surface area contributed by atoms with E-state index in [-0.39, 0.29) is 17.9 Å². The van der Waals surface area contributed by atoms with E-state index in [0.717, 1.165) is 36.7 Å². The molecule has 2 aromatic rings. The molecule has 0 aromatic carbocycles. The second kappa shape index (κ2) is 6.01. The Morgan fingerprint density at radius 2 is 2.25 bits per heavy atom. The van der Waals surface area contributed by atoms with Crippen molar-refractivity contribution in [1.82, 2.24) is 25.1 Å². The molecule has 2 aromatic heterocycles. The SMILES string of the molecule is Cc1nc([C@@H]2CCO[C@@H]2CN(C)C(=O)c2ncoc2C2CC2)n[nH]1. The molecule has 0 spiro atoms. The number of aryl methyl sites for hydroxylation is 1. The van der Waals surface area contributed by atoms with Gasteiger partial charge in [-0.2, -0.15) is 5.10 Å². The minimum Gasteiger partial charge on any atom is -0.447 e. The molecule has 0 unspecified atom stereocenters. The lowest BCUT2D eigenvalue weighted by Gasteiger charge is -2.23. The zero-order valence-electron chi connectivity index (χ0n) is 13.9. The summed E-state index contributed by atoms with van der Waals surface area (Å²) in [7, 11) is 1.77. The minimum absolute atomic E-state index is 0.102. The lowest BCUT2D eigenvalue weighted by molar-refractivity contribution is 0.0545. The summed E-state index contributed by atoms with van der Waals surface area (Å²) in [6.07, 6.45) is 4.25. The van der Waals surface area contributed by atoms with E-state index in [9.17, 15) is 4.79 Å². The van der Waals surface area contributed by atoms with Crippen molar-refractivity contribution in [1.29, 1.82) is 0 Å². The first kappa shape index (κ1) is 15.3. The zero-order valence-corrected chi connectivity index (χ0v) is 13.9. The molecule has 1 saturated heterocycles. The van der Waals surface area contributed by atoms with Gasteiger partial charge in [-0.3, -0.25) is 9.89 Å². The molecule has 2 fully saturated rings. The smallest absolute Gasteiger partial charge is 0.275 e. The van der Waals surface area contributed by atoms with Crippen LogP contribution in [-0.2, 0) is 4.74 Å². The Balaban J connectivity index is 1.45. The number of likely N-dealkylation sites (N-methyl/N-ethyl adjacent to an activating group) is 1. The van der Waals surface area contributed by atoms with Crippen LogP contribution < -0.4 is 0 Å². The van der Waals surface area contributed by atoms with Crippen LogP contribution in [0, 0.1) is 6.92 Å². The third kappa shape index (κ3) is 2.82. The summed E-state index contributed by atoms with van der Waals surface area (Å²) < 4.78 is 11.2. The predicted molar refractivity (Wildman–Crippen MR) is 83.7 cm³/mol. The Labute approximate surface area is 139 Å². The molecule has 3 heterocycles. The maximum atomic E-state index is 12.7. The zero-order chi connectivity index (χ0) is 16.7. The van der Waals surface area contributed by atoms with Crippen LogP contribution in [0.3, 0.4) is 0 Å². The van der Waals surface area contributed by atoms with Crippen LogP contribution >= 0.6 is 0 Å². The average Bonchev–Trinajstić information content (AvgIpc) is 2.98. The quantitative estimate of drug-likeness (QED) is 0.894. The van der Waals surface area contributed by atoms with Crippen LogP contribution in [0.15, 0.2) is 10.8 Å². The molecule has 4 rings (SSSR count). The predicted octanol–water partition coefficient (Wildman–Crippen LogP) is 1.62. The number of carbonyl (C=O) groups excluding carboxylic acids is 1. The second-order valence-electron chi connectivity index (χ2n) is 6.61. The third-order valence-electron chi connectivity index (χ3n) is 4.70. The van der Waals surface area contributed by atoms with Gasteiger partial charge in [-0.1, -0.05) is 0 Å². The molecule has 0 bridgehead atoms. The van der Waals surface area contributed by atoms with Gasteiger partial charge in [-0.15, -0.1) is 0 Å². The van der Waals surface area contributed by atoms with Crippen LogP contribution in [0.25, 0.3) is 0 Å². The lowest BCUT2D eigenvalue weighted by atomic mass is 10.0. The van der Waals surface area contributed by atoms with Crippen molar-refractivity contribution in [2.45, 2.75) is 44.1 Å². The first-order valence-electron chi connectivity index (χ1n) is 8.33. The first-order chi connectivity index (χ1) is 11.6. The van der Waals surface area contributed by atoms with Crippen molar-refractivity contribution in [3.63, 3.8) is 0 Å². The molecule has 1 aliphatic heterocycles. The normalized spacial score (nSPS) is 23.6. The van der Waals surface area contributed by atoms with E-state index < -0.39 is 0 Å². The molecule has 1 saturated carbocycles. The van der Waals surface area contributed by atoms with Gasteiger partial charge in [-0.05, 0) is 26.2 Å². The maximum Gasteiger partial charge on any atom is 0.275 e. The molecule has 1 aliphatic carbocycles. The Morgan fingerprint density at radius 3 is 2.96 bits per heavy atom. The van der Waals surface area contributed by atoms with Gasteiger partial charge in [0.2, 0.25) is 0 Å². The molecule has 8 nitrogen and oxygen atoms in total. The lowest BCUT2D eigenvalue weighted by Crippen LogP contribution is -2.37. The third-order valence-corrected chi connectivity index (χ3v) is 4.70. The van der Waals surface area contributed by atoms with Crippen molar-refractivity contribution in [3.8, 4) is 0 Å². The summed E-state index contributed by atoms with van der Waals surface area (Å²) >= 11 is 0. The fourth-order valence-electron chi connectivity index (χ4n) is 3.23.